The van der Waals surface area contributed by atoms with E-state index in [9.17, 15) is 4.39 Å². The van der Waals surface area contributed by atoms with E-state index in [1.807, 2.05) is 6.08 Å². The van der Waals surface area contributed by atoms with Gasteiger partial charge in [-0.15, -0.1) is 0 Å². The zero-order chi connectivity index (χ0) is 7.56. The van der Waals surface area contributed by atoms with Gasteiger partial charge in [0.15, 0.2) is 5.95 Å². The van der Waals surface area contributed by atoms with E-state index in [4.69, 9.17) is 0 Å². The lowest BCUT2D eigenvalue weighted by atomic mass is 10.3. The lowest BCUT2D eigenvalue weighted by molar-refractivity contribution is 0.578. The highest BCUT2D eigenvalue weighted by molar-refractivity contribution is 14.1. The number of hydrogen-bond acceptors (Lipinski definition) is 1. The van der Waals surface area contributed by atoms with Crippen LogP contribution in [0.25, 0.3) is 0 Å². The number of allylic oxidation sites excluding steroid dienone is 4. The highest BCUT2D eigenvalue weighted by atomic mass is 127. The molecule has 1 N–H and O–H groups in total. The van der Waals surface area contributed by atoms with Crippen LogP contribution in [0.5, 0.6) is 0 Å². The molecule has 1 heterocycles. The van der Waals surface area contributed by atoms with Gasteiger partial charge in [-0.2, -0.15) is 4.39 Å². The molecule has 0 aromatic carbocycles. The third-order valence-electron chi connectivity index (χ3n) is 1.15. The van der Waals surface area contributed by atoms with Gasteiger partial charge in [0.1, 0.15) is 0 Å². The van der Waals surface area contributed by atoms with Crippen LogP contribution in [0, 0.1) is 0 Å². The van der Waals surface area contributed by atoms with E-state index < -0.39 is 0 Å². The first-order chi connectivity index (χ1) is 4.70. The Morgan fingerprint density at radius 3 is 3.00 bits per heavy atom. The molecule has 0 atom stereocenters. The highest BCUT2D eigenvalue weighted by Crippen LogP contribution is 2.16. The molecule has 0 fully saturated rings. The van der Waals surface area contributed by atoms with Crippen LogP contribution in [0.3, 0.4) is 0 Å². The summed E-state index contributed by atoms with van der Waals surface area (Å²) in [6.07, 6.45) is 5.19. The van der Waals surface area contributed by atoms with E-state index in [0.717, 1.165) is 3.58 Å². The van der Waals surface area contributed by atoms with Gasteiger partial charge in [0.2, 0.25) is 0 Å². The van der Waals surface area contributed by atoms with Crippen molar-refractivity contribution in [1.29, 1.82) is 0 Å². The van der Waals surface area contributed by atoms with Crippen LogP contribution in [-0.2, 0) is 0 Å². The van der Waals surface area contributed by atoms with Gasteiger partial charge in [-0.1, -0.05) is 0 Å². The Hall–Kier alpha value is -0.320. The zero-order valence-corrected chi connectivity index (χ0v) is 7.65. The summed E-state index contributed by atoms with van der Waals surface area (Å²) in [4.78, 5) is 0. The van der Waals surface area contributed by atoms with Crippen LogP contribution in [0.1, 0.15) is 6.92 Å². The Bertz CT molecular complexity index is 228. The van der Waals surface area contributed by atoms with Gasteiger partial charge < -0.3 is 5.32 Å². The SMILES string of the molecule is CC1=C(F)NC=CC(I)=C1. The van der Waals surface area contributed by atoms with Crippen molar-refractivity contribution in [1.82, 2.24) is 5.32 Å². The summed E-state index contributed by atoms with van der Waals surface area (Å²) < 4.78 is 13.7. The van der Waals surface area contributed by atoms with Crippen molar-refractivity contribution in [3.8, 4) is 0 Å². The van der Waals surface area contributed by atoms with Crippen LogP contribution >= 0.6 is 22.6 Å². The van der Waals surface area contributed by atoms with Crippen molar-refractivity contribution in [2.45, 2.75) is 6.92 Å². The summed E-state index contributed by atoms with van der Waals surface area (Å²) in [7, 11) is 0. The molecule has 54 valence electrons. The molecule has 0 saturated heterocycles. The number of hydrogen-bond donors (Lipinski definition) is 1. The van der Waals surface area contributed by atoms with E-state index in [0.29, 0.717) is 5.57 Å². The fourth-order valence-corrected chi connectivity index (χ4v) is 1.27. The summed E-state index contributed by atoms with van der Waals surface area (Å²) in [5.74, 6) is -0.275. The van der Waals surface area contributed by atoms with Crippen molar-refractivity contribution in [2.75, 3.05) is 0 Å². The summed E-state index contributed by atoms with van der Waals surface area (Å²) >= 11 is 2.14. The molecule has 1 rings (SSSR count). The number of rotatable bonds is 0. The quantitative estimate of drug-likeness (QED) is 0.515. The summed E-state index contributed by atoms with van der Waals surface area (Å²) in [6.45, 7) is 1.73. The first-order valence-electron chi connectivity index (χ1n) is 2.87. The van der Waals surface area contributed by atoms with Crippen molar-refractivity contribution in [2.24, 2.45) is 0 Å². The predicted octanol–water partition coefficient (Wildman–Crippen LogP) is 2.62. The summed E-state index contributed by atoms with van der Waals surface area (Å²) in [6, 6.07) is 0. The fraction of sp³-hybridized carbons (Fsp3) is 0.143. The number of nitrogens with one attached hydrogen (secondary N) is 1. The topological polar surface area (TPSA) is 12.0 Å². The van der Waals surface area contributed by atoms with Gasteiger partial charge in [-0.3, -0.25) is 0 Å². The molecule has 0 saturated carbocycles. The number of halogens is 2. The second kappa shape index (κ2) is 3.18. The summed E-state index contributed by atoms with van der Waals surface area (Å²) in [5, 5.41) is 2.50. The zero-order valence-electron chi connectivity index (χ0n) is 5.49. The minimum absolute atomic E-state index is 0.275. The molecular weight excluding hydrogens is 244 g/mol. The minimum Gasteiger partial charge on any atom is -0.338 e. The maximum absolute atomic E-state index is 12.7. The lowest BCUT2D eigenvalue weighted by Crippen LogP contribution is -1.99. The maximum Gasteiger partial charge on any atom is 0.193 e. The predicted molar refractivity (Wildman–Crippen MR) is 48.2 cm³/mol. The van der Waals surface area contributed by atoms with Crippen LogP contribution < -0.4 is 5.32 Å². The third-order valence-corrected chi connectivity index (χ3v) is 1.82. The summed E-state index contributed by atoms with van der Waals surface area (Å²) in [5.41, 5.74) is 0.634. The monoisotopic (exact) mass is 251 g/mol. The van der Waals surface area contributed by atoms with E-state index in [-0.39, 0.29) is 5.95 Å². The van der Waals surface area contributed by atoms with Gasteiger partial charge in [0.05, 0.1) is 0 Å². The van der Waals surface area contributed by atoms with Crippen molar-refractivity contribution >= 4 is 22.6 Å². The second-order valence-electron chi connectivity index (χ2n) is 2.00. The highest BCUT2D eigenvalue weighted by Gasteiger charge is 1.99. The van der Waals surface area contributed by atoms with Gasteiger partial charge >= 0.3 is 0 Å². The molecule has 10 heavy (non-hydrogen) atoms. The second-order valence-corrected chi connectivity index (χ2v) is 3.25. The molecule has 1 nitrogen and oxygen atoms in total. The molecule has 3 heteroatoms. The molecule has 0 amide bonds. The van der Waals surface area contributed by atoms with E-state index in [2.05, 4.69) is 27.9 Å². The Kier molecular flexibility index (Phi) is 2.48. The Morgan fingerprint density at radius 2 is 2.30 bits per heavy atom. The minimum atomic E-state index is -0.275. The standard InChI is InChI=1S/C7H7FIN/c1-5-4-6(9)2-3-10-7(5)8/h2-4,10H,1H3. The fourth-order valence-electron chi connectivity index (χ4n) is 0.627. The normalized spacial score (nSPS) is 18.1. The van der Waals surface area contributed by atoms with Crippen LogP contribution in [0.15, 0.2) is 33.5 Å². The molecule has 0 aromatic rings. The van der Waals surface area contributed by atoms with Gasteiger partial charge in [0, 0.05) is 15.4 Å². The molecule has 0 bridgehead atoms. The molecule has 0 aliphatic carbocycles. The largest absolute Gasteiger partial charge is 0.338 e. The smallest absolute Gasteiger partial charge is 0.193 e. The average molecular weight is 251 g/mol. The van der Waals surface area contributed by atoms with Gasteiger partial charge in [-0.25, -0.2) is 0 Å². The molecule has 0 unspecified atom stereocenters. The molecule has 0 radical (unpaired) electrons. The Morgan fingerprint density at radius 1 is 1.60 bits per heavy atom. The maximum atomic E-state index is 12.7. The third kappa shape index (κ3) is 1.83. The first-order valence-corrected chi connectivity index (χ1v) is 3.94. The molecular formula is C7H7FIN. The van der Waals surface area contributed by atoms with Crippen LogP contribution in [-0.4, -0.2) is 0 Å². The van der Waals surface area contributed by atoms with E-state index in [1.165, 1.54) is 0 Å². The molecule has 1 aliphatic rings. The van der Waals surface area contributed by atoms with Gasteiger partial charge in [-0.05, 0) is 41.7 Å². The van der Waals surface area contributed by atoms with Crippen molar-refractivity contribution < 1.29 is 4.39 Å². The Labute approximate surface area is 72.8 Å². The first kappa shape index (κ1) is 7.78. The van der Waals surface area contributed by atoms with Gasteiger partial charge in [0.25, 0.3) is 0 Å². The molecule has 0 aromatic heterocycles. The van der Waals surface area contributed by atoms with E-state index >= 15 is 0 Å². The van der Waals surface area contributed by atoms with Crippen LogP contribution in [0.2, 0.25) is 0 Å². The average Bonchev–Trinajstić information content (AvgIpc) is 1.96. The Balaban J connectivity index is 2.96. The molecule has 1 aliphatic heterocycles. The van der Waals surface area contributed by atoms with Crippen LogP contribution in [0.4, 0.5) is 4.39 Å². The molecule has 0 spiro atoms. The van der Waals surface area contributed by atoms with Crippen molar-refractivity contribution in [3.05, 3.63) is 33.5 Å². The van der Waals surface area contributed by atoms with E-state index in [1.54, 1.807) is 19.2 Å². The van der Waals surface area contributed by atoms with Crippen molar-refractivity contribution in [3.63, 3.8) is 0 Å². The lowest BCUT2D eigenvalue weighted by Gasteiger charge is -1.94.